The lowest BCUT2D eigenvalue weighted by Crippen LogP contribution is -2.26. The summed E-state index contributed by atoms with van der Waals surface area (Å²) in [7, 11) is 3.11. The molecule has 0 unspecified atom stereocenters. The Morgan fingerprint density at radius 3 is 2.66 bits per heavy atom. The van der Waals surface area contributed by atoms with E-state index < -0.39 is 0 Å². The van der Waals surface area contributed by atoms with Crippen LogP contribution in [0.15, 0.2) is 42.7 Å². The molecule has 1 aliphatic rings. The first-order chi connectivity index (χ1) is 14.1. The summed E-state index contributed by atoms with van der Waals surface area (Å²) in [5.41, 5.74) is 4.66. The molecule has 148 valence electrons. The number of aryl methyl sites for hydroxylation is 1. The van der Waals surface area contributed by atoms with Gasteiger partial charge >= 0.3 is 0 Å². The smallest absolute Gasteiger partial charge is 0.260 e. The van der Waals surface area contributed by atoms with Crippen molar-refractivity contribution in [3.8, 4) is 22.9 Å². The van der Waals surface area contributed by atoms with Crippen LogP contribution in [-0.4, -0.2) is 35.1 Å². The molecule has 1 aliphatic heterocycles. The summed E-state index contributed by atoms with van der Waals surface area (Å²) >= 11 is 0. The van der Waals surface area contributed by atoms with E-state index in [1.807, 2.05) is 44.2 Å². The molecule has 0 N–H and O–H groups in total. The average molecular weight is 390 g/mol. The molecular weight excluding hydrogens is 368 g/mol. The molecule has 3 aromatic rings. The first kappa shape index (κ1) is 18.9. The zero-order valence-corrected chi connectivity index (χ0v) is 16.8. The van der Waals surface area contributed by atoms with Gasteiger partial charge in [0.2, 0.25) is 0 Å². The van der Waals surface area contributed by atoms with Crippen molar-refractivity contribution in [1.82, 2.24) is 15.0 Å². The summed E-state index contributed by atoms with van der Waals surface area (Å²) in [6.07, 6.45) is 4.24. The molecule has 7 heteroatoms. The lowest BCUT2D eigenvalue weighted by Gasteiger charge is -2.22. The van der Waals surface area contributed by atoms with Crippen LogP contribution in [0.1, 0.15) is 41.6 Å². The third kappa shape index (κ3) is 3.18. The predicted octanol–water partition coefficient (Wildman–Crippen LogP) is 3.84. The van der Waals surface area contributed by atoms with Crippen LogP contribution >= 0.6 is 0 Å². The normalized spacial score (nSPS) is 15.4. The fourth-order valence-electron chi connectivity index (χ4n) is 3.58. The Morgan fingerprint density at radius 2 is 1.93 bits per heavy atom. The minimum Gasteiger partial charge on any atom is -0.491 e. The van der Waals surface area contributed by atoms with Crippen LogP contribution in [0.5, 0.6) is 11.6 Å². The molecule has 4 heterocycles. The first-order valence-electron chi connectivity index (χ1n) is 9.45. The second kappa shape index (κ2) is 7.50. The van der Waals surface area contributed by atoms with Gasteiger partial charge < -0.3 is 9.47 Å². The van der Waals surface area contributed by atoms with E-state index in [1.165, 1.54) is 0 Å². The van der Waals surface area contributed by atoms with Gasteiger partial charge in [0.25, 0.3) is 11.8 Å². The third-order valence-corrected chi connectivity index (χ3v) is 5.12. The van der Waals surface area contributed by atoms with E-state index >= 15 is 0 Å². The second-order valence-electron chi connectivity index (χ2n) is 6.77. The largest absolute Gasteiger partial charge is 0.491 e. The van der Waals surface area contributed by atoms with E-state index in [-0.39, 0.29) is 11.9 Å². The van der Waals surface area contributed by atoms with Crippen molar-refractivity contribution in [2.24, 2.45) is 0 Å². The summed E-state index contributed by atoms with van der Waals surface area (Å²) in [5.74, 6) is 0.892. The Hall–Kier alpha value is -3.48. The van der Waals surface area contributed by atoms with Crippen molar-refractivity contribution in [1.29, 1.82) is 0 Å². The van der Waals surface area contributed by atoms with Gasteiger partial charge in [-0.3, -0.25) is 14.7 Å². The van der Waals surface area contributed by atoms with Gasteiger partial charge in [0, 0.05) is 29.3 Å². The van der Waals surface area contributed by atoms with Crippen molar-refractivity contribution >= 4 is 11.6 Å². The first-order valence-corrected chi connectivity index (χ1v) is 9.45. The van der Waals surface area contributed by atoms with Gasteiger partial charge in [-0.05, 0) is 43.7 Å². The Bertz CT molecular complexity index is 1080. The highest BCUT2D eigenvalue weighted by Gasteiger charge is 2.36. The molecule has 0 spiro atoms. The highest BCUT2D eigenvalue weighted by molar-refractivity contribution is 6.10. The van der Waals surface area contributed by atoms with Crippen molar-refractivity contribution in [3.05, 3.63) is 59.7 Å². The number of hydrogen-bond acceptors (Lipinski definition) is 6. The standard InChI is InChI=1S/C22H22N4O3/c1-5-15-11-16(8-9-23-15)26-13(2)20-17(22(26)27)6-7-18(25-20)14-10-19(28-3)21(29-4)24-12-14/h6-13H,5H2,1-4H3/t13-/m0/s1. The zero-order chi connectivity index (χ0) is 20.5. The van der Waals surface area contributed by atoms with Crippen LogP contribution in [0.25, 0.3) is 11.3 Å². The lowest BCUT2D eigenvalue weighted by molar-refractivity contribution is 0.0992. The SMILES string of the molecule is CCc1cc(N2C(=O)c3ccc(-c4cnc(OC)c(OC)c4)nc3[C@@H]2C)ccn1. The number of amides is 1. The topological polar surface area (TPSA) is 77.4 Å². The molecule has 0 saturated heterocycles. The highest BCUT2D eigenvalue weighted by Crippen LogP contribution is 2.38. The second-order valence-corrected chi connectivity index (χ2v) is 6.77. The zero-order valence-electron chi connectivity index (χ0n) is 16.8. The van der Waals surface area contributed by atoms with Gasteiger partial charge in [0.15, 0.2) is 5.75 Å². The number of fused-ring (bicyclic) bond motifs is 1. The van der Waals surface area contributed by atoms with E-state index in [2.05, 4.69) is 9.97 Å². The summed E-state index contributed by atoms with van der Waals surface area (Å²) < 4.78 is 10.5. The third-order valence-electron chi connectivity index (χ3n) is 5.12. The monoisotopic (exact) mass is 390 g/mol. The molecule has 3 aromatic heterocycles. The lowest BCUT2D eigenvalue weighted by atomic mass is 10.1. The molecule has 0 aliphatic carbocycles. The number of carbonyl (C=O) groups is 1. The Balaban J connectivity index is 1.73. The quantitative estimate of drug-likeness (QED) is 0.659. The number of rotatable bonds is 5. The maximum atomic E-state index is 13.1. The van der Waals surface area contributed by atoms with Crippen LogP contribution in [0, 0.1) is 0 Å². The van der Waals surface area contributed by atoms with Gasteiger partial charge in [0.05, 0.1) is 37.2 Å². The van der Waals surface area contributed by atoms with Crippen LogP contribution in [0.3, 0.4) is 0 Å². The van der Waals surface area contributed by atoms with Crippen molar-refractivity contribution < 1.29 is 14.3 Å². The van der Waals surface area contributed by atoms with Crippen LogP contribution in [0.2, 0.25) is 0 Å². The predicted molar refractivity (Wildman–Crippen MR) is 109 cm³/mol. The van der Waals surface area contributed by atoms with Crippen LogP contribution < -0.4 is 14.4 Å². The van der Waals surface area contributed by atoms with E-state index in [9.17, 15) is 4.79 Å². The molecule has 4 rings (SSSR count). The van der Waals surface area contributed by atoms with Crippen molar-refractivity contribution in [2.45, 2.75) is 26.3 Å². The number of hydrogen-bond donors (Lipinski definition) is 0. The van der Waals surface area contributed by atoms with E-state index in [1.54, 1.807) is 31.5 Å². The Kier molecular flexibility index (Phi) is 4.88. The summed E-state index contributed by atoms with van der Waals surface area (Å²) in [6.45, 7) is 4.03. The number of ether oxygens (including phenoxy) is 2. The molecule has 0 aromatic carbocycles. The van der Waals surface area contributed by atoms with Gasteiger partial charge in [-0.15, -0.1) is 0 Å². The number of pyridine rings is 3. The van der Waals surface area contributed by atoms with E-state index in [4.69, 9.17) is 14.5 Å². The minimum atomic E-state index is -0.183. The Labute approximate surface area is 169 Å². The molecule has 7 nitrogen and oxygen atoms in total. The number of aromatic nitrogens is 3. The van der Waals surface area contributed by atoms with Crippen LogP contribution in [0.4, 0.5) is 5.69 Å². The summed E-state index contributed by atoms with van der Waals surface area (Å²) in [4.78, 5) is 28.2. The average Bonchev–Trinajstić information content (AvgIpc) is 3.02. The minimum absolute atomic E-state index is 0.0507. The van der Waals surface area contributed by atoms with Gasteiger partial charge in [-0.2, -0.15) is 0 Å². The van der Waals surface area contributed by atoms with Gasteiger partial charge in [-0.1, -0.05) is 6.92 Å². The van der Waals surface area contributed by atoms with Gasteiger partial charge in [-0.25, -0.2) is 9.97 Å². The molecule has 0 fully saturated rings. The number of methoxy groups -OCH3 is 2. The molecular formula is C22H22N4O3. The maximum absolute atomic E-state index is 13.1. The Morgan fingerprint density at radius 1 is 1.10 bits per heavy atom. The summed E-state index contributed by atoms with van der Waals surface area (Å²) in [6, 6.07) is 9.13. The van der Waals surface area contributed by atoms with Gasteiger partial charge in [0.1, 0.15) is 0 Å². The van der Waals surface area contributed by atoms with Crippen molar-refractivity contribution in [2.75, 3.05) is 19.1 Å². The number of anilines is 1. The maximum Gasteiger partial charge on any atom is 0.260 e. The molecule has 1 atom stereocenters. The molecule has 1 amide bonds. The molecule has 0 saturated carbocycles. The van der Waals surface area contributed by atoms with E-state index in [0.717, 1.165) is 34.8 Å². The molecule has 0 radical (unpaired) electrons. The summed E-state index contributed by atoms with van der Waals surface area (Å²) in [5, 5.41) is 0. The van der Waals surface area contributed by atoms with E-state index in [0.29, 0.717) is 17.2 Å². The fraction of sp³-hybridized carbons (Fsp3) is 0.273. The number of carbonyl (C=O) groups excluding carboxylic acids is 1. The number of nitrogens with zero attached hydrogens (tertiary/aromatic N) is 4. The fourth-order valence-corrected chi connectivity index (χ4v) is 3.58. The molecule has 0 bridgehead atoms. The highest BCUT2D eigenvalue weighted by atomic mass is 16.5. The van der Waals surface area contributed by atoms with Crippen molar-refractivity contribution in [3.63, 3.8) is 0 Å². The van der Waals surface area contributed by atoms with Crippen LogP contribution in [-0.2, 0) is 6.42 Å². The molecule has 29 heavy (non-hydrogen) atoms.